The van der Waals surface area contributed by atoms with Crippen molar-refractivity contribution in [3.8, 4) is 5.75 Å². The van der Waals surface area contributed by atoms with Crippen LogP contribution in [-0.2, 0) is 4.74 Å². The number of carbonyl (C=O) groups is 1. The van der Waals surface area contributed by atoms with Gasteiger partial charge < -0.3 is 14.8 Å². The quantitative estimate of drug-likeness (QED) is 0.816. The van der Waals surface area contributed by atoms with Gasteiger partial charge >= 0.3 is 0 Å². The van der Waals surface area contributed by atoms with Crippen molar-refractivity contribution in [1.29, 1.82) is 0 Å². The molecule has 0 aromatic heterocycles. The number of benzene rings is 1. The first-order valence-electron chi connectivity index (χ1n) is 5.99. The van der Waals surface area contributed by atoms with Crippen LogP contribution in [0.15, 0.2) is 24.3 Å². The molecule has 0 saturated heterocycles. The molecule has 1 aromatic carbocycles. The van der Waals surface area contributed by atoms with Gasteiger partial charge in [0.2, 0.25) is 0 Å². The van der Waals surface area contributed by atoms with E-state index in [1.807, 2.05) is 32.9 Å². The van der Waals surface area contributed by atoms with Crippen LogP contribution in [0.2, 0.25) is 0 Å². The molecule has 0 unspecified atom stereocenters. The first kappa shape index (κ1) is 14.5. The van der Waals surface area contributed by atoms with Gasteiger partial charge in [-0.05, 0) is 32.9 Å². The van der Waals surface area contributed by atoms with Gasteiger partial charge in [0.1, 0.15) is 11.4 Å². The van der Waals surface area contributed by atoms with E-state index in [1.54, 1.807) is 19.2 Å². The molecule has 100 valence electrons. The van der Waals surface area contributed by atoms with Gasteiger partial charge in [-0.2, -0.15) is 0 Å². The number of carbonyl (C=O) groups excluding carboxylic acids is 1. The lowest BCUT2D eigenvalue weighted by Crippen LogP contribution is -2.29. The van der Waals surface area contributed by atoms with E-state index in [0.29, 0.717) is 24.5 Å². The predicted octanol–water partition coefficient (Wildman–Crippen LogP) is 2.24. The van der Waals surface area contributed by atoms with E-state index in [1.165, 1.54) is 0 Å². The molecule has 1 amide bonds. The second-order valence-electron chi connectivity index (χ2n) is 4.96. The van der Waals surface area contributed by atoms with Crippen LogP contribution in [-0.4, -0.2) is 31.8 Å². The summed E-state index contributed by atoms with van der Waals surface area (Å²) in [6.45, 7) is 6.83. The van der Waals surface area contributed by atoms with Gasteiger partial charge in [-0.25, -0.2) is 0 Å². The summed E-state index contributed by atoms with van der Waals surface area (Å²) in [6, 6.07) is 7.23. The Labute approximate surface area is 108 Å². The molecule has 1 N–H and O–H groups in total. The molecule has 0 heterocycles. The Balaban J connectivity index is 2.78. The van der Waals surface area contributed by atoms with E-state index in [9.17, 15) is 4.79 Å². The summed E-state index contributed by atoms with van der Waals surface area (Å²) in [4.78, 5) is 12.0. The van der Waals surface area contributed by atoms with Gasteiger partial charge in [-0.3, -0.25) is 4.79 Å². The van der Waals surface area contributed by atoms with E-state index in [4.69, 9.17) is 9.47 Å². The summed E-state index contributed by atoms with van der Waals surface area (Å²) in [5, 5.41) is 2.78. The van der Waals surface area contributed by atoms with E-state index < -0.39 is 0 Å². The highest BCUT2D eigenvalue weighted by Crippen LogP contribution is 2.22. The third-order valence-electron chi connectivity index (χ3n) is 2.14. The van der Waals surface area contributed by atoms with Crippen molar-refractivity contribution >= 4 is 5.91 Å². The number of amides is 1. The van der Waals surface area contributed by atoms with Crippen molar-refractivity contribution in [2.45, 2.75) is 26.4 Å². The van der Waals surface area contributed by atoms with Crippen LogP contribution in [0.25, 0.3) is 0 Å². The highest BCUT2D eigenvalue weighted by molar-refractivity contribution is 5.96. The van der Waals surface area contributed by atoms with Crippen molar-refractivity contribution in [3.63, 3.8) is 0 Å². The van der Waals surface area contributed by atoms with Crippen molar-refractivity contribution in [3.05, 3.63) is 29.8 Å². The molecule has 1 aromatic rings. The average molecular weight is 251 g/mol. The van der Waals surface area contributed by atoms with E-state index >= 15 is 0 Å². The molecule has 0 aliphatic heterocycles. The van der Waals surface area contributed by atoms with Gasteiger partial charge in [0.25, 0.3) is 5.91 Å². The fourth-order valence-electron chi connectivity index (χ4n) is 1.43. The minimum Gasteiger partial charge on any atom is -0.487 e. The largest absolute Gasteiger partial charge is 0.487 e. The van der Waals surface area contributed by atoms with Crippen LogP contribution in [0, 0.1) is 0 Å². The zero-order valence-electron chi connectivity index (χ0n) is 11.4. The van der Waals surface area contributed by atoms with E-state index in [-0.39, 0.29) is 11.5 Å². The van der Waals surface area contributed by atoms with Gasteiger partial charge in [0, 0.05) is 13.7 Å². The van der Waals surface area contributed by atoms with Crippen LogP contribution < -0.4 is 10.1 Å². The van der Waals surface area contributed by atoms with Gasteiger partial charge in [0.05, 0.1) is 12.2 Å². The molecule has 0 saturated carbocycles. The maximum Gasteiger partial charge on any atom is 0.255 e. The molecule has 18 heavy (non-hydrogen) atoms. The van der Waals surface area contributed by atoms with Gasteiger partial charge in [-0.1, -0.05) is 12.1 Å². The third-order valence-corrected chi connectivity index (χ3v) is 2.14. The van der Waals surface area contributed by atoms with Crippen molar-refractivity contribution in [2.75, 3.05) is 20.3 Å². The zero-order valence-corrected chi connectivity index (χ0v) is 11.4. The molecular formula is C14H21NO3. The first-order chi connectivity index (χ1) is 8.44. The Hall–Kier alpha value is -1.55. The number of methoxy groups -OCH3 is 1. The summed E-state index contributed by atoms with van der Waals surface area (Å²) in [7, 11) is 1.60. The average Bonchev–Trinajstić information content (AvgIpc) is 2.27. The lowest BCUT2D eigenvalue weighted by atomic mass is 10.1. The number of hydrogen-bond acceptors (Lipinski definition) is 3. The topological polar surface area (TPSA) is 47.6 Å². The first-order valence-corrected chi connectivity index (χ1v) is 5.99. The molecule has 4 heteroatoms. The summed E-state index contributed by atoms with van der Waals surface area (Å²) in [5.41, 5.74) is 0.214. The van der Waals surface area contributed by atoms with Crippen LogP contribution >= 0.6 is 0 Å². The molecule has 0 aliphatic carbocycles. The van der Waals surface area contributed by atoms with Crippen LogP contribution in [0.5, 0.6) is 5.75 Å². The number of nitrogens with one attached hydrogen (secondary N) is 1. The molecule has 0 radical (unpaired) electrons. The van der Waals surface area contributed by atoms with Crippen LogP contribution in [0.4, 0.5) is 0 Å². The van der Waals surface area contributed by atoms with E-state index in [0.717, 1.165) is 0 Å². The minimum atomic E-state index is -0.330. The van der Waals surface area contributed by atoms with Gasteiger partial charge in [-0.15, -0.1) is 0 Å². The Morgan fingerprint density at radius 1 is 1.28 bits per heavy atom. The Morgan fingerprint density at radius 3 is 2.56 bits per heavy atom. The lowest BCUT2D eigenvalue weighted by Gasteiger charge is -2.22. The fourth-order valence-corrected chi connectivity index (χ4v) is 1.43. The Kier molecular flexibility index (Phi) is 5.16. The fraction of sp³-hybridized carbons (Fsp3) is 0.500. The molecule has 0 fully saturated rings. The molecule has 0 bridgehead atoms. The molecule has 1 rings (SSSR count). The number of hydrogen-bond donors (Lipinski definition) is 1. The van der Waals surface area contributed by atoms with Gasteiger partial charge in [0.15, 0.2) is 0 Å². The Morgan fingerprint density at radius 2 is 1.94 bits per heavy atom. The Bertz CT molecular complexity index is 396. The zero-order chi connectivity index (χ0) is 13.6. The molecule has 4 nitrogen and oxygen atoms in total. The van der Waals surface area contributed by atoms with Crippen molar-refractivity contribution in [1.82, 2.24) is 5.32 Å². The highest BCUT2D eigenvalue weighted by atomic mass is 16.5. The maximum atomic E-state index is 12.0. The highest BCUT2D eigenvalue weighted by Gasteiger charge is 2.17. The lowest BCUT2D eigenvalue weighted by molar-refractivity contribution is 0.0917. The molecule has 0 spiro atoms. The SMILES string of the molecule is COCCNC(=O)c1ccccc1OC(C)(C)C. The summed E-state index contributed by atoms with van der Waals surface area (Å²) >= 11 is 0. The monoisotopic (exact) mass is 251 g/mol. The second-order valence-corrected chi connectivity index (χ2v) is 4.96. The van der Waals surface area contributed by atoms with Crippen LogP contribution in [0.3, 0.4) is 0 Å². The molecule has 0 atom stereocenters. The third kappa shape index (κ3) is 4.75. The normalized spacial score (nSPS) is 11.1. The maximum absolute atomic E-state index is 12.0. The van der Waals surface area contributed by atoms with E-state index in [2.05, 4.69) is 5.32 Å². The summed E-state index contributed by atoms with van der Waals surface area (Å²) < 4.78 is 10.7. The number of ether oxygens (including phenoxy) is 2. The summed E-state index contributed by atoms with van der Waals surface area (Å²) in [6.07, 6.45) is 0. The van der Waals surface area contributed by atoms with Crippen LogP contribution in [0.1, 0.15) is 31.1 Å². The minimum absolute atomic E-state index is 0.146. The molecule has 0 aliphatic rings. The smallest absolute Gasteiger partial charge is 0.255 e. The number of rotatable bonds is 5. The van der Waals surface area contributed by atoms with Crippen molar-refractivity contribution in [2.24, 2.45) is 0 Å². The predicted molar refractivity (Wildman–Crippen MR) is 71.0 cm³/mol. The standard InChI is InChI=1S/C14H21NO3/c1-14(2,3)18-12-8-6-5-7-11(12)13(16)15-9-10-17-4/h5-8H,9-10H2,1-4H3,(H,15,16). The summed E-state index contributed by atoms with van der Waals surface area (Å²) in [5.74, 6) is 0.451. The molecular weight excluding hydrogens is 230 g/mol. The van der Waals surface area contributed by atoms with Crippen molar-refractivity contribution < 1.29 is 14.3 Å². The number of para-hydroxylation sites is 1. The second kappa shape index (κ2) is 6.40.